The van der Waals surface area contributed by atoms with E-state index in [9.17, 15) is 0 Å². The van der Waals surface area contributed by atoms with Gasteiger partial charge in [0, 0.05) is 6.54 Å². The Labute approximate surface area is 106 Å². The first kappa shape index (κ1) is 10.9. The average Bonchev–Trinajstić information content (AvgIpc) is 3.03. The van der Waals surface area contributed by atoms with Crippen LogP contribution in [0.15, 0.2) is 4.52 Å². The summed E-state index contributed by atoms with van der Waals surface area (Å²) in [5.41, 5.74) is 5.85. The lowest BCUT2D eigenvalue weighted by atomic mass is 9.69. The van der Waals surface area contributed by atoms with Crippen molar-refractivity contribution in [2.45, 2.75) is 62.1 Å². The summed E-state index contributed by atoms with van der Waals surface area (Å²) in [6.45, 7) is 0.613. The molecule has 3 heterocycles. The van der Waals surface area contributed by atoms with E-state index in [0.29, 0.717) is 24.7 Å². The minimum Gasteiger partial charge on any atom is -0.374 e. The summed E-state index contributed by atoms with van der Waals surface area (Å²) in [7, 11) is 0. The summed E-state index contributed by atoms with van der Waals surface area (Å²) in [5, 5.41) is 4.19. The van der Waals surface area contributed by atoms with E-state index in [1.807, 2.05) is 0 Å². The summed E-state index contributed by atoms with van der Waals surface area (Å²) in [4.78, 5) is 4.64. The van der Waals surface area contributed by atoms with Crippen LogP contribution in [0.1, 0.15) is 56.2 Å². The minimum atomic E-state index is -0.0241. The Morgan fingerprint density at radius 1 is 1.33 bits per heavy atom. The number of aromatic nitrogens is 2. The SMILES string of the molecule is NCC1(c2nc(C3CC4CCC3O4)no2)CCC1. The van der Waals surface area contributed by atoms with Gasteiger partial charge in [-0.3, -0.25) is 0 Å². The Kier molecular flexibility index (Phi) is 2.29. The van der Waals surface area contributed by atoms with Crippen molar-refractivity contribution in [1.82, 2.24) is 10.1 Å². The Hall–Kier alpha value is -0.940. The van der Waals surface area contributed by atoms with Crippen molar-refractivity contribution in [3.63, 3.8) is 0 Å². The molecule has 5 nitrogen and oxygen atoms in total. The fourth-order valence-corrected chi connectivity index (χ4v) is 3.62. The first-order valence-corrected chi connectivity index (χ1v) is 7.00. The molecule has 1 aliphatic carbocycles. The van der Waals surface area contributed by atoms with Gasteiger partial charge in [0.15, 0.2) is 5.82 Å². The number of nitrogens with two attached hydrogens (primary N) is 1. The molecule has 2 N–H and O–H groups in total. The fraction of sp³-hybridized carbons (Fsp3) is 0.846. The maximum Gasteiger partial charge on any atom is 0.234 e. The lowest BCUT2D eigenvalue weighted by Gasteiger charge is -2.36. The second-order valence-corrected chi connectivity index (χ2v) is 6.01. The summed E-state index contributed by atoms with van der Waals surface area (Å²) >= 11 is 0. The summed E-state index contributed by atoms with van der Waals surface area (Å²) in [6.07, 6.45) is 7.51. The number of fused-ring (bicyclic) bond motifs is 2. The quantitative estimate of drug-likeness (QED) is 0.878. The predicted octanol–water partition coefficient (Wildman–Crippen LogP) is 1.48. The van der Waals surface area contributed by atoms with Crippen LogP contribution in [0.25, 0.3) is 0 Å². The van der Waals surface area contributed by atoms with Gasteiger partial charge < -0.3 is 15.0 Å². The van der Waals surface area contributed by atoms with E-state index in [2.05, 4.69) is 10.1 Å². The molecule has 1 saturated carbocycles. The van der Waals surface area contributed by atoms with E-state index in [0.717, 1.165) is 37.4 Å². The van der Waals surface area contributed by atoms with E-state index in [1.54, 1.807) is 0 Å². The van der Waals surface area contributed by atoms with E-state index < -0.39 is 0 Å². The molecule has 3 fully saturated rings. The molecule has 3 atom stereocenters. The monoisotopic (exact) mass is 249 g/mol. The lowest BCUT2D eigenvalue weighted by Crippen LogP contribution is -2.41. The largest absolute Gasteiger partial charge is 0.374 e. The molecular weight excluding hydrogens is 230 g/mol. The molecule has 3 aliphatic rings. The van der Waals surface area contributed by atoms with Gasteiger partial charge in [0.1, 0.15) is 0 Å². The molecule has 1 aromatic rings. The lowest BCUT2D eigenvalue weighted by molar-refractivity contribution is 0.0996. The van der Waals surface area contributed by atoms with Gasteiger partial charge in [-0.2, -0.15) is 4.98 Å². The molecule has 0 radical (unpaired) electrons. The molecule has 1 aromatic heterocycles. The fourth-order valence-electron chi connectivity index (χ4n) is 3.62. The predicted molar refractivity (Wildman–Crippen MR) is 64.1 cm³/mol. The van der Waals surface area contributed by atoms with Crippen molar-refractivity contribution in [2.75, 3.05) is 6.54 Å². The first-order chi connectivity index (χ1) is 8.81. The number of ether oxygens (including phenoxy) is 1. The highest BCUT2D eigenvalue weighted by atomic mass is 16.5. The van der Waals surface area contributed by atoms with Crippen LogP contribution < -0.4 is 5.73 Å². The summed E-state index contributed by atoms with van der Waals surface area (Å²) < 4.78 is 11.3. The van der Waals surface area contributed by atoms with Crippen molar-refractivity contribution in [2.24, 2.45) is 5.73 Å². The van der Waals surface area contributed by atoms with E-state index in [4.69, 9.17) is 15.0 Å². The molecule has 0 amide bonds. The normalized spacial score (nSPS) is 36.8. The van der Waals surface area contributed by atoms with E-state index in [-0.39, 0.29) is 5.41 Å². The van der Waals surface area contributed by atoms with Crippen molar-refractivity contribution in [3.8, 4) is 0 Å². The topological polar surface area (TPSA) is 74.2 Å². The Morgan fingerprint density at radius 3 is 2.78 bits per heavy atom. The molecule has 98 valence electrons. The first-order valence-electron chi connectivity index (χ1n) is 7.00. The van der Waals surface area contributed by atoms with Crippen LogP contribution in [-0.4, -0.2) is 28.9 Å². The molecule has 2 bridgehead atoms. The maximum absolute atomic E-state index is 5.87. The number of rotatable bonds is 3. The molecule has 0 spiro atoms. The third-order valence-electron chi connectivity index (χ3n) is 5.03. The molecule has 18 heavy (non-hydrogen) atoms. The zero-order chi connectivity index (χ0) is 12.2. The minimum absolute atomic E-state index is 0.0241. The third-order valence-corrected chi connectivity index (χ3v) is 5.03. The van der Waals surface area contributed by atoms with Crippen molar-refractivity contribution < 1.29 is 9.26 Å². The van der Waals surface area contributed by atoms with Crippen LogP contribution in [-0.2, 0) is 10.2 Å². The summed E-state index contributed by atoms with van der Waals surface area (Å²) in [6, 6.07) is 0. The highest BCUT2D eigenvalue weighted by Crippen LogP contribution is 2.45. The highest BCUT2D eigenvalue weighted by molar-refractivity contribution is 5.14. The van der Waals surface area contributed by atoms with Gasteiger partial charge in [0.2, 0.25) is 5.89 Å². The van der Waals surface area contributed by atoms with Crippen LogP contribution in [0.2, 0.25) is 0 Å². The highest BCUT2D eigenvalue weighted by Gasteiger charge is 2.46. The van der Waals surface area contributed by atoms with Gasteiger partial charge in [-0.15, -0.1) is 0 Å². The van der Waals surface area contributed by atoms with Crippen molar-refractivity contribution in [1.29, 1.82) is 0 Å². The molecule has 0 aromatic carbocycles. The third kappa shape index (κ3) is 1.40. The zero-order valence-electron chi connectivity index (χ0n) is 10.5. The number of hydrogen-bond donors (Lipinski definition) is 1. The molecule has 5 heteroatoms. The van der Waals surface area contributed by atoms with Crippen LogP contribution >= 0.6 is 0 Å². The Balaban J connectivity index is 1.59. The molecule has 3 unspecified atom stereocenters. The molecule has 4 rings (SSSR count). The van der Waals surface area contributed by atoms with E-state index >= 15 is 0 Å². The smallest absolute Gasteiger partial charge is 0.234 e. The Bertz CT molecular complexity index is 449. The van der Waals surface area contributed by atoms with Gasteiger partial charge in [-0.25, -0.2) is 0 Å². The van der Waals surface area contributed by atoms with Gasteiger partial charge in [0.05, 0.1) is 23.5 Å². The van der Waals surface area contributed by atoms with Crippen molar-refractivity contribution >= 4 is 0 Å². The van der Waals surface area contributed by atoms with Gasteiger partial charge in [0.25, 0.3) is 0 Å². The van der Waals surface area contributed by atoms with Crippen LogP contribution in [0.3, 0.4) is 0 Å². The second kappa shape index (κ2) is 3.78. The van der Waals surface area contributed by atoms with Crippen molar-refractivity contribution in [3.05, 3.63) is 11.7 Å². The molecule has 2 saturated heterocycles. The van der Waals surface area contributed by atoms with Crippen LogP contribution in [0.5, 0.6) is 0 Å². The number of hydrogen-bond acceptors (Lipinski definition) is 5. The standard InChI is InChI=1S/C13H19N3O2/c14-7-13(4-1-5-13)12-15-11(16-18-12)9-6-8-2-3-10(9)17-8/h8-10H,1-7,14H2. The van der Waals surface area contributed by atoms with Gasteiger partial charge in [-0.1, -0.05) is 11.6 Å². The van der Waals surface area contributed by atoms with Crippen LogP contribution in [0, 0.1) is 0 Å². The van der Waals surface area contributed by atoms with Gasteiger partial charge >= 0.3 is 0 Å². The Morgan fingerprint density at radius 2 is 2.22 bits per heavy atom. The maximum atomic E-state index is 5.87. The average molecular weight is 249 g/mol. The molecular formula is C13H19N3O2. The zero-order valence-corrected chi connectivity index (χ0v) is 10.5. The summed E-state index contributed by atoms with van der Waals surface area (Å²) in [5.74, 6) is 1.95. The molecule has 2 aliphatic heterocycles. The van der Waals surface area contributed by atoms with E-state index in [1.165, 1.54) is 12.8 Å². The van der Waals surface area contributed by atoms with Gasteiger partial charge in [-0.05, 0) is 32.1 Å². The second-order valence-electron chi connectivity index (χ2n) is 6.01. The number of nitrogens with zero attached hydrogens (tertiary/aromatic N) is 2. The van der Waals surface area contributed by atoms with Crippen LogP contribution in [0.4, 0.5) is 0 Å².